The number of H-pyrrole nitrogens is 1. The van der Waals surface area contributed by atoms with Crippen LogP contribution >= 0.6 is 0 Å². The van der Waals surface area contributed by atoms with Crippen LogP contribution in [0.15, 0.2) is 10.7 Å². The monoisotopic (exact) mass is 289 g/mol. The van der Waals surface area contributed by atoms with Crippen molar-refractivity contribution in [3.63, 3.8) is 0 Å². The Balaban J connectivity index is 1.92. The summed E-state index contributed by atoms with van der Waals surface area (Å²) in [5, 5.41) is 14.3. The van der Waals surface area contributed by atoms with E-state index >= 15 is 0 Å². The first-order valence-electron chi connectivity index (χ1n) is 6.80. The van der Waals surface area contributed by atoms with E-state index in [-0.39, 0.29) is 0 Å². The van der Waals surface area contributed by atoms with Crippen LogP contribution in [0.25, 0.3) is 17.1 Å². The van der Waals surface area contributed by atoms with Gasteiger partial charge in [-0.2, -0.15) is 5.10 Å². The molecule has 8 heteroatoms. The van der Waals surface area contributed by atoms with E-state index in [4.69, 9.17) is 4.74 Å². The smallest absolute Gasteiger partial charge is 0.341 e. The van der Waals surface area contributed by atoms with Crippen molar-refractivity contribution in [2.24, 2.45) is 5.92 Å². The van der Waals surface area contributed by atoms with Crippen LogP contribution in [-0.4, -0.2) is 38.1 Å². The number of nitrogens with zero attached hydrogens (tertiary/aromatic N) is 4. The second-order valence-electron chi connectivity index (χ2n) is 4.84. The molecule has 3 rings (SSSR count). The minimum Gasteiger partial charge on any atom is -0.462 e. The van der Waals surface area contributed by atoms with E-state index in [1.165, 1.54) is 0 Å². The Bertz CT molecular complexity index is 684. The summed E-state index contributed by atoms with van der Waals surface area (Å²) in [5.74, 6) is 0.708. The number of allylic oxidation sites excluding steroid dienone is 1. The maximum absolute atomic E-state index is 12.0. The van der Waals surface area contributed by atoms with Gasteiger partial charge in [0.05, 0.1) is 6.61 Å². The molecular formula is C13H15N5O3. The summed E-state index contributed by atoms with van der Waals surface area (Å²) >= 11 is 0. The van der Waals surface area contributed by atoms with Crippen molar-refractivity contribution >= 4 is 11.5 Å². The topological polar surface area (TPSA) is 107 Å². The number of carbonyl (C=O) groups excluding carboxylic acids is 1. The molecule has 8 nitrogen and oxygen atoms in total. The average Bonchev–Trinajstić information content (AvgIpc) is 2.97. The van der Waals surface area contributed by atoms with E-state index in [1.807, 2.05) is 6.08 Å². The lowest BCUT2D eigenvalue weighted by molar-refractivity contribution is -0.136. The molecule has 0 bridgehead atoms. The van der Waals surface area contributed by atoms with Crippen molar-refractivity contribution in [2.45, 2.75) is 26.7 Å². The molecule has 1 fully saturated rings. The maximum Gasteiger partial charge on any atom is 0.341 e. The van der Waals surface area contributed by atoms with Crippen molar-refractivity contribution in [1.82, 2.24) is 25.5 Å². The molecule has 0 spiro atoms. The number of ether oxygens (including phenoxy) is 1. The number of nitrogens with one attached hydrogen (secondary N) is 1. The zero-order valence-electron chi connectivity index (χ0n) is 11.8. The summed E-state index contributed by atoms with van der Waals surface area (Å²) in [5.41, 5.74) is 1.46. The van der Waals surface area contributed by atoms with Gasteiger partial charge in [-0.3, -0.25) is 5.10 Å². The van der Waals surface area contributed by atoms with E-state index in [2.05, 4.69) is 30.1 Å². The Morgan fingerprint density at radius 1 is 1.48 bits per heavy atom. The van der Waals surface area contributed by atoms with Gasteiger partial charge in [-0.25, -0.2) is 14.4 Å². The maximum atomic E-state index is 12.0. The first-order valence-corrected chi connectivity index (χ1v) is 6.80. The lowest BCUT2D eigenvalue weighted by atomic mass is 10.2. The number of aromatic amines is 1. The van der Waals surface area contributed by atoms with Gasteiger partial charge in [0.1, 0.15) is 11.3 Å². The van der Waals surface area contributed by atoms with Crippen LogP contribution in [0.5, 0.6) is 0 Å². The Labute approximate surface area is 120 Å². The van der Waals surface area contributed by atoms with Crippen LogP contribution in [0.3, 0.4) is 0 Å². The number of esters is 1. The third-order valence-electron chi connectivity index (χ3n) is 3.12. The standard InChI is InChI=1S/C13H15N5O3/c1-3-20-13(19)9(6-8-4-5-8)11-14-12(16-15-11)10-7(2)17-21-18-10/h6,8H,3-5H2,1-2H3,(H,14,15,16). The van der Waals surface area contributed by atoms with E-state index in [9.17, 15) is 4.79 Å². The molecule has 0 saturated heterocycles. The predicted octanol–water partition coefficient (Wildman–Crippen LogP) is 1.52. The summed E-state index contributed by atoms with van der Waals surface area (Å²) in [6.45, 7) is 3.82. The summed E-state index contributed by atoms with van der Waals surface area (Å²) in [6, 6.07) is 0. The highest BCUT2D eigenvalue weighted by Crippen LogP contribution is 2.33. The van der Waals surface area contributed by atoms with Crippen LogP contribution in [0.2, 0.25) is 0 Å². The molecule has 2 aromatic rings. The minimum absolute atomic E-state index is 0.303. The lowest BCUT2D eigenvalue weighted by Gasteiger charge is -2.02. The van der Waals surface area contributed by atoms with Gasteiger partial charge in [-0.15, -0.1) is 0 Å². The summed E-state index contributed by atoms with van der Waals surface area (Å²) in [4.78, 5) is 16.3. The molecule has 0 radical (unpaired) electrons. The van der Waals surface area contributed by atoms with Crippen LogP contribution in [-0.2, 0) is 9.53 Å². The normalized spacial score (nSPS) is 15.2. The van der Waals surface area contributed by atoms with Crippen molar-refractivity contribution in [2.75, 3.05) is 6.61 Å². The molecule has 110 valence electrons. The van der Waals surface area contributed by atoms with Gasteiger partial charge >= 0.3 is 5.97 Å². The fourth-order valence-electron chi connectivity index (χ4n) is 1.88. The lowest BCUT2D eigenvalue weighted by Crippen LogP contribution is -2.08. The van der Waals surface area contributed by atoms with Gasteiger partial charge in [0.15, 0.2) is 17.3 Å². The number of aromatic nitrogens is 5. The van der Waals surface area contributed by atoms with Crippen LogP contribution in [0.1, 0.15) is 31.3 Å². The van der Waals surface area contributed by atoms with Gasteiger partial charge in [-0.1, -0.05) is 11.2 Å². The Hall–Kier alpha value is -2.51. The summed E-state index contributed by atoms with van der Waals surface area (Å²) < 4.78 is 9.70. The Morgan fingerprint density at radius 3 is 2.90 bits per heavy atom. The molecule has 21 heavy (non-hydrogen) atoms. The fraction of sp³-hybridized carbons (Fsp3) is 0.462. The molecule has 0 aliphatic heterocycles. The van der Waals surface area contributed by atoms with Crippen LogP contribution in [0.4, 0.5) is 0 Å². The van der Waals surface area contributed by atoms with E-state index < -0.39 is 5.97 Å². The van der Waals surface area contributed by atoms with Gasteiger partial charge in [0, 0.05) is 0 Å². The molecule has 1 aliphatic rings. The largest absolute Gasteiger partial charge is 0.462 e. The summed E-state index contributed by atoms with van der Waals surface area (Å²) in [6.07, 6.45) is 4.03. The zero-order valence-corrected chi connectivity index (χ0v) is 11.8. The average molecular weight is 289 g/mol. The second-order valence-corrected chi connectivity index (χ2v) is 4.84. The number of hydrogen-bond donors (Lipinski definition) is 1. The van der Waals surface area contributed by atoms with Crippen molar-refractivity contribution < 1.29 is 14.2 Å². The fourth-order valence-corrected chi connectivity index (χ4v) is 1.88. The number of aryl methyl sites for hydroxylation is 1. The second kappa shape index (κ2) is 5.47. The first kappa shape index (κ1) is 13.5. The predicted molar refractivity (Wildman–Crippen MR) is 71.7 cm³/mol. The molecule has 1 saturated carbocycles. The van der Waals surface area contributed by atoms with E-state index in [0.29, 0.717) is 41.1 Å². The molecule has 2 aromatic heterocycles. The number of carbonyl (C=O) groups is 1. The Kier molecular flexibility index (Phi) is 3.51. The molecule has 2 heterocycles. The van der Waals surface area contributed by atoms with Crippen molar-refractivity contribution in [3.8, 4) is 11.5 Å². The van der Waals surface area contributed by atoms with E-state index in [1.54, 1.807) is 13.8 Å². The zero-order chi connectivity index (χ0) is 14.8. The molecular weight excluding hydrogens is 274 g/mol. The first-order chi connectivity index (χ1) is 10.2. The highest BCUT2D eigenvalue weighted by Gasteiger charge is 2.26. The van der Waals surface area contributed by atoms with Gasteiger partial charge < -0.3 is 4.74 Å². The highest BCUT2D eigenvalue weighted by atomic mass is 16.6. The third kappa shape index (κ3) is 2.83. The molecule has 1 N–H and O–H groups in total. The van der Waals surface area contributed by atoms with Gasteiger partial charge in [-0.05, 0) is 37.8 Å². The quantitative estimate of drug-likeness (QED) is 0.656. The highest BCUT2D eigenvalue weighted by molar-refractivity contribution is 6.15. The van der Waals surface area contributed by atoms with Crippen molar-refractivity contribution in [1.29, 1.82) is 0 Å². The van der Waals surface area contributed by atoms with Gasteiger partial charge in [0.2, 0.25) is 0 Å². The van der Waals surface area contributed by atoms with E-state index in [0.717, 1.165) is 12.8 Å². The summed E-state index contributed by atoms with van der Waals surface area (Å²) in [7, 11) is 0. The molecule has 0 amide bonds. The van der Waals surface area contributed by atoms with Gasteiger partial charge in [0.25, 0.3) is 0 Å². The SMILES string of the molecule is CCOC(=O)C(=CC1CC1)c1n[nH]c(-c2nonc2C)n1. The molecule has 1 aliphatic carbocycles. The molecule has 0 unspecified atom stereocenters. The Morgan fingerprint density at radius 2 is 2.29 bits per heavy atom. The van der Waals surface area contributed by atoms with Crippen molar-refractivity contribution in [3.05, 3.63) is 17.6 Å². The van der Waals surface area contributed by atoms with Crippen LogP contribution in [0, 0.1) is 12.8 Å². The third-order valence-corrected chi connectivity index (χ3v) is 3.12. The molecule has 0 aromatic carbocycles. The van der Waals surface area contributed by atoms with Crippen LogP contribution < -0.4 is 0 Å². The number of rotatable bonds is 5. The minimum atomic E-state index is -0.412. The molecule has 0 atom stereocenters. The number of hydrogen-bond acceptors (Lipinski definition) is 7.